The van der Waals surface area contributed by atoms with Crippen LogP contribution in [-0.2, 0) is 16.6 Å². The van der Waals surface area contributed by atoms with Crippen molar-refractivity contribution in [3.05, 3.63) is 64.1 Å². The van der Waals surface area contributed by atoms with E-state index in [1.807, 2.05) is 0 Å². The van der Waals surface area contributed by atoms with Crippen molar-refractivity contribution in [2.24, 2.45) is 12.0 Å². The Labute approximate surface area is 205 Å². The van der Waals surface area contributed by atoms with Crippen molar-refractivity contribution in [2.45, 2.75) is 31.4 Å². The molecule has 1 fully saturated rings. The second-order valence-corrected chi connectivity index (χ2v) is 8.85. The van der Waals surface area contributed by atoms with Gasteiger partial charge in [0.25, 0.3) is 5.92 Å². The van der Waals surface area contributed by atoms with Crippen molar-refractivity contribution in [1.82, 2.24) is 19.8 Å². The van der Waals surface area contributed by atoms with Gasteiger partial charge in [-0.1, -0.05) is 17.7 Å². The minimum atomic E-state index is -2.98. The molecule has 2 atom stereocenters. The third-order valence-electron chi connectivity index (χ3n) is 5.97. The number of hydrogen-bond acceptors (Lipinski definition) is 7. The molecule has 1 aromatic carbocycles. The van der Waals surface area contributed by atoms with Crippen LogP contribution in [0.4, 0.5) is 13.2 Å². The summed E-state index contributed by atoms with van der Waals surface area (Å²) in [6.07, 6.45) is 2.76. The molecule has 35 heavy (non-hydrogen) atoms. The first-order valence-corrected chi connectivity index (χ1v) is 11.4. The lowest BCUT2D eigenvalue weighted by atomic mass is 9.95. The van der Waals surface area contributed by atoms with Gasteiger partial charge in [-0.25, -0.2) is 22.9 Å². The second-order valence-electron chi connectivity index (χ2n) is 8.45. The molecule has 2 aliphatic rings. The smallest absolute Gasteiger partial charge is 0.338 e. The molecule has 0 aliphatic carbocycles. The van der Waals surface area contributed by atoms with Crippen molar-refractivity contribution < 1.29 is 27.8 Å². The van der Waals surface area contributed by atoms with Crippen LogP contribution in [0.2, 0.25) is 5.02 Å². The number of aliphatic hydroxyl groups excluding tert-OH is 1. The van der Waals surface area contributed by atoms with Crippen molar-refractivity contribution in [3.63, 3.8) is 0 Å². The topological polar surface area (TPSA) is 92.0 Å². The van der Waals surface area contributed by atoms with Gasteiger partial charge < -0.3 is 19.7 Å². The summed E-state index contributed by atoms with van der Waals surface area (Å²) in [4.78, 5) is 23.5. The number of aliphatic imine (C=N–C) groups is 1. The molecule has 2 N–H and O–H groups in total. The number of aryl methyl sites for hydroxylation is 1. The van der Waals surface area contributed by atoms with Crippen molar-refractivity contribution in [2.75, 3.05) is 26.3 Å². The number of esters is 1. The van der Waals surface area contributed by atoms with Crippen molar-refractivity contribution >= 4 is 23.4 Å². The predicted molar refractivity (Wildman–Crippen MR) is 123 cm³/mol. The third-order valence-corrected chi connectivity index (χ3v) is 6.30. The van der Waals surface area contributed by atoms with E-state index in [4.69, 9.17) is 16.3 Å². The molecule has 8 nitrogen and oxygen atoms in total. The highest BCUT2D eigenvalue weighted by atomic mass is 35.5. The molecule has 188 valence electrons. The number of aliphatic hydroxyl groups is 1. The summed E-state index contributed by atoms with van der Waals surface area (Å²) in [6.45, 7) is 0.533. The van der Waals surface area contributed by atoms with Gasteiger partial charge in [0, 0.05) is 54.7 Å². The monoisotopic (exact) mass is 511 g/mol. The van der Waals surface area contributed by atoms with Crippen LogP contribution in [0.25, 0.3) is 0 Å². The highest BCUT2D eigenvalue weighted by Crippen LogP contribution is 2.38. The van der Waals surface area contributed by atoms with Crippen LogP contribution in [0, 0.1) is 5.82 Å². The number of hydrogen-bond donors (Lipinski definition) is 2. The van der Waals surface area contributed by atoms with E-state index in [1.165, 1.54) is 17.0 Å². The maximum atomic E-state index is 14.2. The quantitative estimate of drug-likeness (QED) is 0.555. The number of carbonyl (C=O) groups excluding carboxylic acids is 1. The van der Waals surface area contributed by atoms with Crippen LogP contribution in [-0.4, -0.2) is 69.6 Å². The number of nitrogens with one attached hydrogen (secondary N) is 1. The van der Waals surface area contributed by atoms with Gasteiger partial charge in [-0.15, -0.1) is 0 Å². The molecule has 0 radical (unpaired) electrons. The molecule has 3 heterocycles. The van der Waals surface area contributed by atoms with Crippen LogP contribution in [0.3, 0.4) is 0 Å². The Morgan fingerprint density at radius 2 is 2.17 bits per heavy atom. The summed E-state index contributed by atoms with van der Waals surface area (Å²) in [7, 11) is 1.75. The van der Waals surface area contributed by atoms with Crippen LogP contribution in [0.1, 0.15) is 30.8 Å². The van der Waals surface area contributed by atoms with Gasteiger partial charge in [-0.3, -0.25) is 9.89 Å². The lowest BCUT2D eigenvalue weighted by Gasteiger charge is -2.31. The number of alkyl halides is 2. The number of ether oxygens (including phenoxy) is 1. The first-order valence-electron chi connectivity index (χ1n) is 11.0. The van der Waals surface area contributed by atoms with E-state index >= 15 is 0 Å². The lowest BCUT2D eigenvalue weighted by Crippen LogP contribution is -2.43. The number of halogens is 4. The summed E-state index contributed by atoms with van der Waals surface area (Å²) < 4.78 is 49.1. The van der Waals surface area contributed by atoms with Gasteiger partial charge >= 0.3 is 5.97 Å². The Morgan fingerprint density at radius 3 is 2.80 bits per heavy atom. The van der Waals surface area contributed by atoms with E-state index in [-0.39, 0.29) is 35.3 Å². The zero-order valence-corrected chi connectivity index (χ0v) is 19.9. The summed E-state index contributed by atoms with van der Waals surface area (Å²) in [5, 5.41) is 12.8. The molecular formula is C23H25ClF3N5O3. The molecule has 0 bridgehead atoms. The standard InChI is InChI=1S/C23H25ClF3N5O3/c1-3-35-22(34)18-17(10-32-12-23(26,27)9-14(32)11-33)29-20(21-28-6-7-31(21)2)30-19(18)15-5-4-13(25)8-16(15)24/h4-8,14,19,33H,3,9-12H2,1-2H3,(H,29,30)/t14-,19-/m0/s1. The summed E-state index contributed by atoms with van der Waals surface area (Å²) in [6, 6.07) is 1.92. The van der Waals surface area contributed by atoms with Crippen LogP contribution >= 0.6 is 11.6 Å². The molecule has 0 saturated carbocycles. The number of nitrogens with zero attached hydrogens (tertiary/aromatic N) is 4. The van der Waals surface area contributed by atoms with Crippen LogP contribution < -0.4 is 5.32 Å². The Morgan fingerprint density at radius 1 is 1.40 bits per heavy atom. The molecule has 0 spiro atoms. The number of likely N-dealkylation sites (tertiary alicyclic amines) is 1. The fourth-order valence-electron chi connectivity index (χ4n) is 4.36. The molecule has 1 aromatic heterocycles. The summed E-state index contributed by atoms with van der Waals surface area (Å²) in [5.74, 6) is -3.55. The fraction of sp³-hybridized carbons (Fsp3) is 0.435. The second kappa shape index (κ2) is 10.00. The molecule has 12 heteroatoms. The fourth-order valence-corrected chi connectivity index (χ4v) is 4.63. The first-order chi connectivity index (χ1) is 16.6. The predicted octanol–water partition coefficient (Wildman–Crippen LogP) is 2.82. The van der Waals surface area contributed by atoms with Gasteiger partial charge in [-0.2, -0.15) is 0 Å². The molecule has 4 rings (SSSR count). The largest absolute Gasteiger partial charge is 0.463 e. The number of aromatic nitrogens is 2. The third kappa shape index (κ3) is 5.21. The number of amidine groups is 1. The Bertz CT molecular complexity index is 1180. The number of benzene rings is 1. The van der Waals surface area contributed by atoms with Crippen molar-refractivity contribution in [1.29, 1.82) is 0 Å². The maximum Gasteiger partial charge on any atom is 0.338 e. The van der Waals surface area contributed by atoms with Crippen LogP contribution in [0.15, 0.2) is 46.9 Å². The highest BCUT2D eigenvalue weighted by molar-refractivity contribution is 6.31. The normalized spacial score (nSPS) is 22.2. The SMILES string of the molecule is CCOC(=O)C1=C(CN2CC(F)(F)C[C@H]2CO)NC(c2nccn2C)=N[C@H]1c1ccc(F)cc1Cl. The number of imidazole rings is 1. The Hall–Kier alpha value is -2.89. The zero-order valence-electron chi connectivity index (χ0n) is 19.1. The van der Waals surface area contributed by atoms with E-state index in [9.17, 15) is 23.1 Å². The minimum absolute atomic E-state index is 0.0435. The number of rotatable bonds is 7. The number of carbonyl (C=O) groups is 1. The molecular weight excluding hydrogens is 487 g/mol. The average molecular weight is 512 g/mol. The van der Waals surface area contributed by atoms with E-state index in [0.29, 0.717) is 11.4 Å². The molecule has 2 aromatic rings. The minimum Gasteiger partial charge on any atom is -0.463 e. The first kappa shape index (κ1) is 25.2. The van der Waals surface area contributed by atoms with Gasteiger partial charge in [0.15, 0.2) is 11.7 Å². The molecule has 1 saturated heterocycles. The van der Waals surface area contributed by atoms with Gasteiger partial charge in [0.2, 0.25) is 0 Å². The van der Waals surface area contributed by atoms with Gasteiger partial charge in [0.1, 0.15) is 11.9 Å². The maximum absolute atomic E-state index is 14.2. The van der Waals surface area contributed by atoms with E-state index < -0.39 is 49.4 Å². The molecule has 2 aliphatic heterocycles. The van der Waals surface area contributed by atoms with E-state index in [2.05, 4.69) is 15.3 Å². The van der Waals surface area contributed by atoms with Gasteiger partial charge in [0.05, 0.1) is 25.3 Å². The highest BCUT2D eigenvalue weighted by Gasteiger charge is 2.46. The van der Waals surface area contributed by atoms with Gasteiger partial charge in [-0.05, 0) is 19.1 Å². The zero-order chi connectivity index (χ0) is 25.3. The Balaban J connectivity index is 1.85. The lowest BCUT2D eigenvalue weighted by molar-refractivity contribution is -0.139. The molecule has 0 amide bonds. The summed E-state index contributed by atoms with van der Waals surface area (Å²) >= 11 is 6.35. The van der Waals surface area contributed by atoms with Crippen LogP contribution in [0.5, 0.6) is 0 Å². The van der Waals surface area contributed by atoms with E-state index in [1.54, 1.807) is 30.9 Å². The Kier molecular flexibility index (Phi) is 7.20. The summed E-state index contributed by atoms with van der Waals surface area (Å²) in [5.41, 5.74) is 0.663. The molecule has 0 unspecified atom stereocenters. The van der Waals surface area contributed by atoms with Crippen molar-refractivity contribution in [3.8, 4) is 0 Å². The van der Waals surface area contributed by atoms with E-state index in [0.717, 1.165) is 6.07 Å². The average Bonchev–Trinajstić information content (AvgIpc) is 3.34.